The van der Waals surface area contributed by atoms with Crippen molar-refractivity contribution < 1.29 is 9.53 Å². The molecule has 0 bridgehead atoms. The highest BCUT2D eigenvalue weighted by atomic mass is 16.5. The third-order valence-electron chi connectivity index (χ3n) is 5.67. The van der Waals surface area contributed by atoms with Gasteiger partial charge in [0.2, 0.25) is 0 Å². The smallest absolute Gasteiger partial charge is 0.258 e. The van der Waals surface area contributed by atoms with Crippen molar-refractivity contribution in [2.75, 3.05) is 23.8 Å². The minimum absolute atomic E-state index is 0.291. The lowest BCUT2D eigenvalue weighted by Gasteiger charge is -2.13. The Morgan fingerprint density at radius 3 is 2.91 bits per heavy atom. The molecule has 1 aliphatic rings. The fraction of sp³-hybridized carbons (Fsp3) is 0.259. The van der Waals surface area contributed by atoms with E-state index in [2.05, 4.69) is 32.5 Å². The van der Waals surface area contributed by atoms with Crippen molar-refractivity contribution in [3.63, 3.8) is 0 Å². The van der Waals surface area contributed by atoms with Crippen molar-refractivity contribution >= 4 is 23.6 Å². The minimum Gasteiger partial charge on any atom is -0.492 e. The van der Waals surface area contributed by atoms with E-state index < -0.39 is 0 Å². The predicted molar refractivity (Wildman–Crippen MR) is 140 cm³/mol. The summed E-state index contributed by atoms with van der Waals surface area (Å²) in [6, 6.07) is 11.6. The maximum Gasteiger partial charge on any atom is 0.258 e. The number of anilines is 2. The number of hydrogen-bond donors (Lipinski definition) is 3. The molecular weight excluding hydrogens is 440 g/mol. The molecule has 0 radical (unpaired) electrons. The molecule has 0 fully saturated rings. The average molecular weight is 471 g/mol. The summed E-state index contributed by atoms with van der Waals surface area (Å²) >= 11 is 0. The van der Waals surface area contributed by atoms with Crippen LogP contribution in [0.1, 0.15) is 30.9 Å². The van der Waals surface area contributed by atoms with Gasteiger partial charge in [-0.2, -0.15) is 0 Å². The molecule has 1 aliphatic heterocycles. The third-order valence-corrected chi connectivity index (χ3v) is 5.67. The lowest BCUT2D eigenvalue weighted by Crippen LogP contribution is -2.17. The van der Waals surface area contributed by atoms with Gasteiger partial charge >= 0.3 is 0 Å². The molecule has 8 heteroatoms. The summed E-state index contributed by atoms with van der Waals surface area (Å²) in [6.45, 7) is 3.96. The zero-order valence-corrected chi connectivity index (χ0v) is 19.8. The molecule has 1 aromatic carbocycles. The minimum atomic E-state index is -0.291. The van der Waals surface area contributed by atoms with Crippen LogP contribution in [-0.2, 0) is 17.8 Å². The molecule has 0 spiro atoms. The SMILES string of the molecule is CCCCN=CC(=CN)C(=O)Nc1cccc(CNc2ncc(-c3ccncc3)c3c2CCO3)c1. The molecule has 0 atom stereocenters. The number of hydrogen-bond acceptors (Lipinski definition) is 7. The Bertz CT molecular complexity index is 1220. The maximum absolute atomic E-state index is 12.6. The summed E-state index contributed by atoms with van der Waals surface area (Å²) in [7, 11) is 0. The number of aromatic nitrogens is 2. The predicted octanol–water partition coefficient (Wildman–Crippen LogP) is 4.34. The Kier molecular flexibility index (Phi) is 8.06. The lowest BCUT2D eigenvalue weighted by molar-refractivity contribution is -0.112. The van der Waals surface area contributed by atoms with Crippen LogP contribution >= 0.6 is 0 Å². The number of nitrogens with two attached hydrogens (primary N) is 1. The number of aliphatic imine (C=N–C) groups is 1. The van der Waals surface area contributed by atoms with Gasteiger partial charge in [0.05, 0.1) is 12.2 Å². The molecule has 0 saturated heterocycles. The van der Waals surface area contributed by atoms with Gasteiger partial charge in [-0.3, -0.25) is 14.8 Å². The third kappa shape index (κ3) is 6.03. The Labute approximate surface area is 205 Å². The molecule has 2 aromatic heterocycles. The number of carbonyl (C=O) groups is 1. The van der Waals surface area contributed by atoms with Gasteiger partial charge in [0.15, 0.2) is 0 Å². The Hall–Kier alpha value is -4.20. The van der Waals surface area contributed by atoms with Crippen molar-refractivity contribution in [3.8, 4) is 16.9 Å². The second-order valence-corrected chi connectivity index (χ2v) is 8.18. The maximum atomic E-state index is 12.6. The van der Waals surface area contributed by atoms with Crippen LogP contribution in [0.3, 0.4) is 0 Å². The number of ether oxygens (including phenoxy) is 1. The number of unbranched alkanes of at least 4 members (excludes halogenated alkanes) is 1. The number of pyridine rings is 2. The molecule has 35 heavy (non-hydrogen) atoms. The Balaban J connectivity index is 1.42. The fourth-order valence-electron chi connectivity index (χ4n) is 3.81. The van der Waals surface area contributed by atoms with E-state index in [1.807, 2.05) is 42.6 Å². The van der Waals surface area contributed by atoms with Gasteiger partial charge in [0, 0.05) is 67.3 Å². The number of carbonyl (C=O) groups excluding carboxylic acids is 1. The molecular formula is C27H30N6O2. The molecule has 4 N–H and O–H groups in total. The standard InChI is InChI=1S/C27H30N6O2/c1-2-3-10-30-17-21(15-28)27(34)33-22-6-4-5-19(14-22)16-31-26-23-9-13-35-25(23)24(18-32-26)20-7-11-29-12-8-20/h4-8,11-12,14-15,17-18H,2-3,9-10,13,16,28H2,1H3,(H,31,32)(H,33,34). The second kappa shape index (κ2) is 11.8. The van der Waals surface area contributed by atoms with E-state index in [4.69, 9.17) is 10.5 Å². The summed E-state index contributed by atoms with van der Waals surface area (Å²) in [4.78, 5) is 25.6. The van der Waals surface area contributed by atoms with E-state index in [9.17, 15) is 4.79 Å². The van der Waals surface area contributed by atoms with Gasteiger partial charge in [-0.15, -0.1) is 0 Å². The van der Waals surface area contributed by atoms with Gasteiger partial charge in [0.25, 0.3) is 5.91 Å². The van der Waals surface area contributed by atoms with E-state index in [1.54, 1.807) is 12.4 Å². The summed E-state index contributed by atoms with van der Waals surface area (Å²) < 4.78 is 5.94. The number of rotatable bonds is 10. The van der Waals surface area contributed by atoms with Crippen LogP contribution in [0.25, 0.3) is 11.1 Å². The molecule has 8 nitrogen and oxygen atoms in total. The van der Waals surface area contributed by atoms with Crippen LogP contribution in [0.15, 0.2) is 71.8 Å². The quantitative estimate of drug-likeness (QED) is 0.231. The van der Waals surface area contributed by atoms with Crippen LogP contribution in [0.2, 0.25) is 0 Å². The van der Waals surface area contributed by atoms with Crippen LogP contribution in [0.5, 0.6) is 5.75 Å². The van der Waals surface area contributed by atoms with Gasteiger partial charge in [-0.05, 0) is 41.8 Å². The molecule has 180 valence electrons. The number of amides is 1. The average Bonchev–Trinajstić information content (AvgIpc) is 3.38. The first-order valence-corrected chi connectivity index (χ1v) is 11.8. The van der Waals surface area contributed by atoms with E-state index in [0.717, 1.165) is 53.1 Å². The molecule has 0 unspecified atom stereocenters. The fourth-order valence-corrected chi connectivity index (χ4v) is 3.81. The molecule has 3 aromatic rings. The highest BCUT2D eigenvalue weighted by Gasteiger charge is 2.22. The highest BCUT2D eigenvalue weighted by molar-refractivity contribution is 6.17. The number of nitrogens with one attached hydrogen (secondary N) is 2. The van der Waals surface area contributed by atoms with Crippen molar-refractivity contribution in [2.24, 2.45) is 10.7 Å². The Morgan fingerprint density at radius 1 is 1.26 bits per heavy atom. The van der Waals surface area contributed by atoms with Gasteiger partial charge in [-0.1, -0.05) is 25.5 Å². The summed E-state index contributed by atoms with van der Waals surface area (Å²) in [5, 5.41) is 6.32. The number of fused-ring (bicyclic) bond motifs is 1. The van der Waals surface area contributed by atoms with Crippen LogP contribution in [0.4, 0.5) is 11.5 Å². The first-order valence-electron chi connectivity index (χ1n) is 11.8. The normalized spacial score (nSPS) is 12.9. The first-order chi connectivity index (χ1) is 17.2. The molecule has 1 amide bonds. The van der Waals surface area contributed by atoms with Crippen LogP contribution < -0.4 is 21.1 Å². The van der Waals surface area contributed by atoms with Crippen molar-refractivity contribution in [2.45, 2.75) is 32.7 Å². The van der Waals surface area contributed by atoms with Crippen LogP contribution in [-0.4, -0.2) is 35.2 Å². The zero-order valence-electron chi connectivity index (χ0n) is 19.8. The molecule has 0 saturated carbocycles. The van der Waals surface area contributed by atoms with Gasteiger partial charge in [-0.25, -0.2) is 4.98 Å². The Morgan fingerprint density at radius 2 is 2.11 bits per heavy atom. The second-order valence-electron chi connectivity index (χ2n) is 8.18. The summed E-state index contributed by atoms with van der Waals surface area (Å²) in [6.07, 6.45) is 11.0. The van der Waals surface area contributed by atoms with Crippen molar-refractivity contribution in [1.29, 1.82) is 0 Å². The van der Waals surface area contributed by atoms with Gasteiger partial charge < -0.3 is 21.1 Å². The van der Waals surface area contributed by atoms with Crippen molar-refractivity contribution in [3.05, 3.63) is 77.9 Å². The topological polar surface area (TPSA) is 115 Å². The monoisotopic (exact) mass is 470 g/mol. The van der Waals surface area contributed by atoms with Crippen molar-refractivity contribution in [1.82, 2.24) is 9.97 Å². The summed E-state index contributed by atoms with van der Waals surface area (Å²) in [5.74, 6) is 1.39. The van der Waals surface area contributed by atoms with E-state index >= 15 is 0 Å². The van der Waals surface area contributed by atoms with Crippen LogP contribution in [0, 0.1) is 0 Å². The highest BCUT2D eigenvalue weighted by Crippen LogP contribution is 2.39. The van der Waals surface area contributed by atoms with E-state index in [1.165, 1.54) is 12.4 Å². The lowest BCUT2D eigenvalue weighted by atomic mass is 10.0. The number of benzene rings is 1. The van der Waals surface area contributed by atoms with Gasteiger partial charge in [0.1, 0.15) is 11.6 Å². The van der Waals surface area contributed by atoms with E-state index in [-0.39, 0.29) is 5.91 Å². The molecule has 4 rings (SSSR count). The summed E-state index contributed by atoms with van der Waals surface area (Å²) in [5.41, 5.74) is 10.7. The van der Waals surface area contributed by atoms with E-state index in [0.29, 0.717) is 31.0 Å². The number of nitrogens with zero attached hydrogens (tertiary/aromatic N) is 3. The molecule has 0 aliphatic carbocycles. The molecule has 3 heterocycles. The first kappa shape index (κ1) is 23.9. The largest absolute Gasteiger partial charge is 0.492 e. The zero-order chi connectivity index (χ0) is 24.5.